The Morgan fingerprint density at radius 3 is 2.69 bits per heavy atom. The molecule has 4 rings (SSSR count). The third-order valence-corrected chi connectivity index (χ3v) is 4.98. The molecule has 29 heavy (non-hydrogen) atoms. The largest absolute Gasteiger partial charge is 0.494 e. The van der Waals surface area contributed by atoms with Crippen molar-refractivity contribution in [2.45, 2.75) is 6.54 Å². The Morgan fingerprint density at radius 1 is 1.14 bits per heavy atom. The Morgan fingerprint density at radius 2 is 1.97 bits per heavy atom. The Balaban J connectivity index is 1.74. The van der Waals surface area contributed by atoms with Gasteiger partial charge in [-0.1, -0.05) is 18.2 Å². The van der Waals surface area contributed by atoms with Crippen LogP contribution in [0.2, 0.25) is 0 Å². The van der Waals surface area contributed by atoms with Crippen LogP contribution in [0.1, 0.15) is 5.56 Å². The highest BCUT2D eigenvalue weighted by Crippen LogP contribution is 2.26. The number of nitrogens with one attached hydrogen (secondary N) is 1. The van der Waals surface area contributed by atoms with E-state index in [2.05, 4.69) is 10.4 Å². The summed E-state index contributed by atoms with van der Waals surface area (Å²) < 4.78 is 22.4. The van der Waals surface area contributed by atoms with Crippen molar-refractivity contribution in [3.05, 3.63) is 76.6 Å². The van der Waals surface area contributed by atoms with Crippen LogP contribution in [0.4, 0.5) is 10.1 Å². The van der Waals surface area contributed by atoms with Crippen LogP contribution in [0.3, 0.4) is 0 Å². The first-order chi connectivity index (χ1) is 14.0. The third kappa shape index (κ3) is 3.47. The number of rotatable bonds is 5. The van der Waals surface area contributed by atoms with Crippen LogP contribution in [0, 0.1) is 5.82 Å². The van der Waals surface area contributed by atoms with Crippen molar-refractivity contribution >= 4 is 16.6 Å². The number of fused-ring (bicyclic) bond motifs is 1. The van der Waals surface area contributed by atoms with Crippen molar-refractivity contribution in [3.8, 4) is 16.9 Å². The molecule has 0 spiro atoms. The molecule has 4 aromatic rings. The van der Waals surface area contributed by atoms with Crippen LogP contribution in [0.5, 0.6) is 5.75 Å². The number of hydrogen-bond donors (Lipinski definition) is 1. The van der Waals surface area contributed by atoms with E-state index < -0.39 is 5.82 Å². The van der Waals surface area contributed by atoms with Gasteiger partial charge in [0.15, 0.2) is 11.6 Å². The molecule has 2 aromatic heterocycles. The van der Waals surface area contributed by atoms with E-state index in [-0.39, 0.29) is 11.3 Å². The second kappa shape index (κ2) is 7.43. The van der Waals surface area contributed by atoms with Gasteiger partial charge in [0, 0.05) is 31.2 Å². The highest BCUT2D eigenvalue weighted by atomic mass is 19.1. The van der Waals surface area contributed by atoms with E-state index in [4.69, 9.17) is 4.74 Å². The number of benzene rings is 2. The number of aromatic nitrogens is 3. The summed E-state index contributed by atoms with van der Waals surface area (Å²) in [5.74, 6) is -0.177. The average Bonchev–Trinajstić information content (AvgIpc) is 3.12. The van der Waals surface area contributed by atoms with Crippen LogP contribution < -0.4 is 15.6 Å². The molecule has 0 saturated carbocycles. The van der Waals surface area contributed by atoms with E-state index in [1.807, 2.05) is 41.2 Å². The summed E-state index contributed by atoms with van der Waals surface area (Å²) >= 11 is 0. The zero-order chi connectivity index (χ0) is 20.5. The number of anilines is 1. The zero-order valence-electron chi connectivity index (χ0n) is 16.4. The fourth-order valence-corrected chi connectivity index (χ4v) is 3.41. The van der Waals surface area contributed by atoms with Crippen LogP contribution in [-0.2, 0) is 13.6 Å². The minimum atomic E-state index is -0.396. The molecule has 148 valence electrons. The monoisotopic (exact) mass is 392 g/mol. The average molecular weight is 392 g/mol. The molecule has 0 saturated heterocycles. The second-order valence-corrected chi connectivity index (χ2v) is 6.85. The highest BCUT2D eigenvalue weighted by Gasteiger charge is 2.10. The topological polar surface area (TPSA) is 61.1 Å². The van der Waals surface area contributed by atoms with Gasteiger partial charge in [0.25, 0.3) is 5.56 Å². The minimum absolute atomic E-state index is 0.0797. The molecule has 2 heterocycles. The Labute approximate surface area is 167 Å². The predicted octanol–water partition coefficient (Wildman–Crippen LogP) is 3.64. The Hall–Kier alpha value is -3.61. The first-order valence-corrected chi connectivity index (χ1v) is 9.17. The summed E-state index contributed by atoms with van der Waals surface area (Å²) in [4.78, 5) is 12.1. The number of ether oxygens (including phenoxy) is 1. The van der Waals surface area contributed by atoms with E-state index in [1.165, 1.54) is 13.2 Å². The standard InChI is InChI=1S/C22H21FN4O2/c1-24-19-9-17(13-26(2)22(19)28)15-5-6-16-11-25-27(20(16)10-15)12-14-4-7-21(29-3)18(23)8-14/h4-11,13,24H,12H2,1-3H3. The quantitative estimate of drug-likeness (QED) is 0.563. The van der Waals surface area contributed by atoms with Crippen molar-refractivity contribution < 1.29 is 9.13 Å². The van der Waals surface area contributed by atoms with Crippen LogP contribution in [0.25, 0.3) is 22.0 Å². The van der Waals surface area contributed by atoms with Gasteiger partial charge in [0.2, 0.25) is 0 Å². The third-order valence-electron chi connectivity index (χ3n) is 4.98. The molecule has 0 fully saturated rings. The van der Waals surface area contributed by atoms with Gasteiger partial charge in [-0.2, -0.15) is 5.10 Å². The molecule has 0 bridgehead atoms. The maximum atomic E-state index is 14.0. The molecule has 0 amide bonds. The van der Waals surface area contributed by atoms with Crippen LogP contribution in [-0.4, -0.2) is 28.5 Å². The molecular weight excluding hydrogens is 371 g/mol. The van der Waals surface area contributed by atoms with Gasteiger partial charge in [0.05, 0.1) is 25.4 Å². The fraction of sp³-hybridized carbons (Fsp3) is 0.182. The van der Waals surface area contributed by atoms with Gasteiger partial charge < -0.3 is 14.6 Å². The van der Waals surface area contributed by atoms with E-state index in [0.717, 1.165) is 27.6 Å². The first kappa shape index (κ1) is 18.7. The lowest BCUT2D eigenvalue weighted by Gasteiger charge is -2.10. The zero-order valence-corrected chi connectivity index (χ0v) is 16.4. The Kier molecular flexibility index (Phi) is 4.80. The van der Waals surface area contributed by atoms with Gasteiger partial charge >= 0.3 is 0 Å². The summed E-state index contributed by atoms with van der Waals surface area (Å²) in [5.41, 5.74) is 4.06. The lowest BCUT2D eigenvalue weighted by molar-refractivity contribution is 0.386. The number of hydrogen-bond acceptors (Lipinski definition) is 4. The van der Waals surface area contributed by atoms with E-state index in [1.54, 1.807) is 30.9 Å². The summed E-state index contributed by atoms with van der Waals surface area (Å²) in [7, 11) is 4.90. The summed E-state index contributed by atoms with van der Waals surface area (Å²) in [6, 6.07) is 12.8. The Bertz CT molecular complexity index is 1260. The van der Waals surface area contributed by atoms with Crippen molar-refractivity contribution in [1.82, 2.24) is 14.3 Å². The molecule has 0 radical (unpaired) electrons. The van der Waals surface area contributed by atoms with Gasteiger partial charge in [-0.25, -0.2) is 4.39 Å². The predicted molar refractivity (Wildman–Crippen MR) is 112 cm³/mol. The van der Waals surface area contributed by atoms with Gasteiger partial charge in [-0.05, 0) is 35.4 Å². The van der Waals surface area contributed by atoms with E-state index in [0.29, 0.717) is 12.2 Å². The molecule has 2 aromatic carbocycles. The molecule has 0 unspecified atom stereocenters. The first-order valence-electron chi connectivity index (χ1n) is 9.17. The van der Waals surface area contributed by atoms with Gasteiger partial charge in [-0.3, -0.25) is 9.48 Å². The molecule has 0 aliphatic heterocycles. The number of pyridine rings is 1. The maximum Gasteiger partial charge on any atom is 0.273 e. The van der Waals surface area contributed by atoms with Crippen molar-refractivity contribution in [2.24, 2.45) is 7.05 Å². The maximum absolute atomic E-state index is 14.0. The fourth-order valence-electron chi connectivity index (χ4n) is 3.41. The SMILES string of the molecule is CNc1cc(-c2ccc3cnn(Cc4ccc(OC)c(F)c4)c3c2)cn(C)c1=O. The van der Waals surface area contributed by atoms with Crippen molar-refractivity contribution in [2.75, 3.05) is 19.5 Å². The number of aryl methyl sites for hydroxylation is 1. The molecule has 0 aliphatic rings. The molecule has 1 N–H and O–H groups in total. The minimum Gasteiger partial charge on any atom is -0.494 e. The van der Waals surface area contributed by atoms with Gasteiger partial charge in [-0.15, -0.1) is 0 Å². The van der Waals surface area contributed by atoms with E-state index >= 15 is 0 Å². The molecule has 0 atom stereocenters. The molecular formula is C22H21FN4O2. The summed E-state index contributed by atoms with van der Waals surface area (Å²) in [6.45, 7) is 0.433. The smallest absolute Gasteiger partial charge is 0.273 e. The summed E-state index contributed by atoms with van der Waals surface area (Å²) in [6.07, 6.45) is 3.60. The number of methoxy groups -OCH3 is 1. The highest BCUT2D eigenvalue weighted by molar-refractivity contribution is 5.84. The second-order valence-electron chi connectivity index (χ2n) is 6.85. The van der Waals surface area contributed by atoms with Crippen LogP contribution in [0.15, 0.2) is 59.7 Å². The normalized spacial score (nSPS) is 11.0. The number of nitrogens with zero attached hydrogens (tertiary/aromatic N) is 3. The molecule has 6 nitrogen and oxygen atoms in total. The molecule has 7 heteroatoms. The van der Waals surface area contributed by atoms with Crippen molar-refractivity contribution in [1.29, 1.82) is 0 Å². The van der Waals surface area contributed by atoms with Crippen LogP contribution >= 0.6 is 0 Å². The van der Waals surface area contributed by atoms with E-state index in [9.17, 15) is 9.18 Å². The van der Waals surface area contributed by atoms with Crippen molar-refractivity contribution in [3.63, 3.8) is 0 Å². The number of halogens is 1. The summed E-state index contributed by atoms with van der Waals surface area (Å²) in [5, 5.41) is 8.39. The van der Waals surface area contributed by atoms with Gasteiger partial charge in [0.1, 0.15) is 5.69 Å². The lowest BCUT2D eigenvalue weighted by Crippen LogP contribution is -2.19. The lowest BCUT2D eigenvalue weighted by atomic mass is 10.1. The molecule has 0 aliphatic carbocycles.